The molecule has 0 fully saturated rings. The summed E-state index contributed by atoms with van der Waals surface area (Å²) in [5.41, 5.74) is 1.21. The van der Waals surface area contributed by atoms with Crippen molar-refractivity contribution in [1.29, 1.82) is 0 Å². The van der Waals surface area contributed by atoms with Crippen LogP contribution in [0.2, 0.25) is 0 Å². The Morgan fingerprint density at radius 2 is 1.94 bits per heavy atom. The summed E-state index contributed by atoms with van der Waals surface area (Å²) >= 11 is 0. The Morgan fingerprint density at radius 3 is 2.59 bits per heavy atom. The lowest BCUT2D eigenvalue weighted by Gasteiger charge is -2.07. The molecule has 0 aliphatic carbocycles. The molecule has 0 saturated carbocycles. The molecule has 5 nitrogen and oxygen atoms in total. The van der Waals surface area contributed by atoms with Gasteiger partial charge in [0.1, 0.15) is 5.69 Å². The molecule has 0 saturated heterocycles. The van der Waals surface area contributed by atoms with Gasteiger partial charge in [0.15, 0.2) is 0 Å². The van der Waals surface area contributed by atoms with E-state index < -0.39 is 0 Å². The zero-order valence-corrected chi connectivity index (χ0v) is 10.7. The van der Waals surface area contributed by atoms with Crippen LogP contribution in [0.15, 0.2) is 6.07 Å². The number of carbonyl (C=O) groups is 1. The summed E-state index contributed by atoms with van der Waals surface area (Å²) in [4.78, 5) is 20.2. The number of anilines is 1. The van der Waals surface area contributed by atoms with Crippen LogP contribution >= 0.6 is 0 Å². The summed E-state index contributed by atoms with van der Waals surface area (Å²) in [5.74, 6) is 0.380. The van der Waals surface area contributed by atoms with Crippen molar-refractivity contribution in [2.75, 3.05) is 18.4 Å². The molecule has 1 rings (SSSR count). The highest BCUT2D eigenvalue weighted by Crippen LogP contribution is 2.05. The van der Waals surface area contributed by atoms with E-state index in [2.05, 4.69) is 27.5 Å². The van der Waals surface area contributed by atoms with Crippen LogP contribution in [0.1, 0.15) is 42.9 Å². The van der Waals surface area contributed by atoms with Gasteiger partial charge in [0.2, 0.25) is 5.95 Å². The van der Waals surface area contributed by atoms with Gasteiger partial charge >= 0.3 is 0 Å². The van der Waals surface area contributed by atoms with Crippen molar-refractivity contribution in [2.45, 2.75) is 33.6 Å². The third-order valence-corrected chi connectivity index (χ3v) is 2.16. The van der Waals surface area contributed by atoms with Crippen LogP contribution in [-0.4, -0.2) is 29.0 Å². The summed E-state index contributed by atoms with van der Waals surface area (Å²) in [6.45, 7) is 7.41. The molecule has 0 aliphatic rings. The molecule has 2 N–H and O–H groups in total. The van der Waals surface area contributed by atoms with Crippen LogP contribution in [0.4, 0.5) is 5.95 Å². The lowest BCUT2D eigenvalue weighted by atomic mass is 10.3. The monoisotopic (exact) mass is 236 g/mol. The van der Waals surface area contributed by atoms with Crippen molar-refractivity contribution in [2.24, 2.45) is 0 Å². The highest BCUT2D eigenvalue weighted by molar-refractivity contribution is 5.92. The number of hydrogen-bond acceptors (Lipinski definition) is 4. The van der Waals surface area contributed by atoms with Crippen LogP contribution in [0.25, 0.3) is 0 Å². The van der Waals surface area contributed by atoms with Crippen molar-refractivity contribution in [3.05, 3.63) is 17.5 Å². The predicted molar refractivity (Wildman–Crippen MR) is 68.2 cm³/mol. The Kier molecular flexibility index (Phi) is 5.39. The van der Waals surface area contributed by atoms with Crippen molar-refractivity contribution < 1.29 is 4.79 Å². The molecule has 1 heterocycles. The molecule has 0 bridgehead atoms. The van der Waals surface area contributed by atoms with Crippen LogP contribution in [0.3, 0.4) is 0 Å². The van der Waals surface area contributed by atoms with Gasteiger partial charge in [-0.15, -0.1) is 0 Å². The number of rotatable bonds is 6. The second-order valence-corrected chi connectivity index (χ2v) is 3.90. The molecular weight excluding hydrogens is 216 g/mol. The SMILES string of the molecule is CCCNC(=O)c1cc(C)nc(NCCC)n1. The first-order chi connectivity index (χ1) is 8.17. The fraction of sp³-hybridized carbons (Fsp3) is 0.583. The maximum absolute atomic E-state index is 11.8. The molecule has 1 aromatic heterocycles. The molecule has 0 atom stereocenters. The highest BCUT2D eigenvalue weighted by Gasteiger charge is 2.09. The third kappa shape index (κ3) is 4.38. The lowest BCUT2D eigenvalue weighted by Crippen LogP contribution is -2.25. The van der Waals surface area contributed by atoms with E-state index >= 15 is 0 Å². The average molecular weight is 236 g/mol. The molecule has 5 heteroatoms. The van der Waals surface area contributed by atoms with E-state index in [1.54, 1.807) is 6.07 Å². The smallest absolute Gasteiger partial charge is 0.270 e. The largest absolute Gasteiger partial charge is 0.354 e. The number of nitrogens with zero attached hydrogens (tertiary/aromatic N) is 2. The number of carbonyl (C=O) groups excluding carboxylic acids is 1. The second-order valence-electron chi connectivity index (χ2n) is 3.90. The normalized spacial score (nSPS) is 10.1. The number of aromatic nitrogens is 2. The van der Waals surface area contributed by atoms with Crippen molar-refractivity contribution in [3.63, 3.8) is 0 Å². The van der Waals surface area contributed by atoms with Gasteiger partial charge in [-0.2, -0.15) is 0 Å². The quantitative estimate of drug-likeness (QED) is 0.789. The van der Waals surface area contributed by atoms with Crippen molar-refractivity contribution >= 4 is 11.9 Å². The third-order valence-electron chi connectivity index (χ3n) is 2.16. The van der Waals surface area contributed by atoms with Gasteiger partial charge in [-0.25, -0.2) is 9.97 Å². The molecule has 0 unspecified atom stereocenters. The molecule has 1 aromatic rings. The highest BCUT2D eigenvalue weighted by atomic mass is 16.1. The number of amides is 1. The van der Waals surface area contributed by atoms with Crippen LogP contribution in [-0.2, 0) is 0 Å². The minimum Gasteiger partial charge on any atom is -0.354 e. The van der Waals surface area contributed by atoms with Gasteiger partial charge in [0, 0.05) is 18.8 Å². The van der Waals surface area contributed by atoms with Crippen molar-refractivity contribution in [1.82, 2.24) is 15.3 Å². The first kappa shape index (κ1) is 13.4. The minimum absolute atomic E-state index is 0.142. The molecule has 0 aromatic carbocycles. The molecule has 1 amide bonds. The Morgan fingerprint density at radius 1 is 1.24 bits per heavy atom. The Hall–Kier alpha value is -1.65. The van der Waals surface area contributed by atoms with Crippen molar-refractivity contribution in [3.8, 4) is 0 Å². The van der Waals surface area contributed by atoms with E-state index in [0.717, 1.165) is 25.1 Å². The van der Waals surface area contributed by atoms with Gasteiger partial charge < -0.3 is 10.6 Å². The zero-order chi connectivity index (χ0) is 12.7. The van der Waals surface area contributed by atoms with E-state index in [0.29, 0.717) is 18.2 Å². The van der Waals surface area contributed by atoms with Gasteiger partial charge in [-0.3, -0.25) is 4.79 Å². The maximum atomic E-state index is 11.8. The molecule has 17 heavy (non-hydrogen) atoms. The lowest BCUT2D eigenvalue weighted by molar-refractivity contribution is 0.0948. The van der Waals surface area contributed by atoms with Gasteiger partial charge in [0.25, 0.3) is 5.91 Å². The predicted octanol–water partition coefficient (Wildman–Crippen LogP) is 1.75. The summed E-state index contributed by atoms with van der Waals surface area (Å²) < 4.78 is 0. The van der Waals surface area contributed by atoms with E-state index in [-0.39, 0.29) is 5.91 Å². The molecule has 0 radical (unpaired) electrons. The Bertz CT molecular complexity index is 379. The number of aryl methyl sites for hydroxylation is 1. The second kappa shape index (κ2) is 6.83. The zero-order valence-electron chi connectivity index (χ0n) is 10.7. The Balaban J connectivity index is 2.77. The summed E-state index contributed by atoms with van der Waals surface area (Å²) in [6, 6.07) is 1.70. The Labute approximate surface area is 102 Å². The number of hydrogen-bond donors (Lipinski definition) is 2. The molecule has 94 valence electrons. The number of nitrogens with one attached hydrogen (secondary N) is 2. The topological polar surface area (TPSA) is 66.9 Å². The van der Waals surface area contributed by atoms with E-state index in [1.807, 2.05) is 13.8 Å². The first-order valence-electron chi connectivity index (χ1n) is 6.05. The summed E-state index contributed by atoms with van der Waals surface area (Å²) in [6.07, 6.45) is 1.91. The standard InChI is InChI=1S/C12H20N4O/c1-4-6-13-11(17)10-8-9(3)15-12(16-10)14-7-5-2/h8H,4-7H2,1-3H3,(H,13,17)(H,14,15,16). The van der Waals surface area contributed by atoms with Gasteiger partial charge in [0.05, 0.1) is 0 Å². The summed E-state index contributed by atoms with van der Waals surface area (Å²) in [5, 5.41) is 5.89. The van der Waals surface area contributed by atoms with Crippen LogP contribution < -0.4 is 10.6 Å². The first-order valence-corrected chi connectivity index (χ1v) is 6.05. The minimum atomic E-state index is -0.142. The van der Waals surface area contributed by atoms with E-state index in [9.17, 15) is 4.79 Å². The van der Waals surface area contributed by atoms with Crippen LogP contribution in [0, 0.1) is 6.92 Å². The van der Waals surface area contributed by atoms with E-state index in [1.165, 1.54) is 0 Å². The van der Waals surface area contributed by atoms with Crippen LogP contribution in [0.5, 0.6) is 0 Å². The fourth-order valence-corrected chi connectivity index (χ4v) is 1.33. The fourth-order valence-electron chi connectivity index (χ4n) is 1.33. The average Bonchev–Trinajstić information content (AvgIpc) is 2.32. The van der Waals surface area contributed by atoms with E-state index in [4.69, 9.17) is 0 Å². The maximum Gasteiger partial charge on any atom is 0.270 e. The van der Waals surface area contributed by atoms with Gasteiger partial charge in [-0.1, -0.05) is 13.8 Å². The molecule has 0 aliphatic heterocycles. The molecule has 0 spiro atoms. The summed E-state index contributed by atoms with van der Waals surface area (Å²) in [7, 11) is 0. The molecular formula is C12H20N4O. The van der Waals surface area contributed by atoms with Gasteiger partial charge in [-0.05, 0) is 25.8 Å².